The van der Waals surface area contributed by atoms with Crippen molar-refractivity contribution < 1.29 is 9.53 Å². The molecule has 2 atom stereocenters. The molecule has 5 nitrogen and oxygen atoms in total. The minimum Gasteiger partial charge on any atom is -0.478 e. The maximum Gasteiger partial charge on any atom is 0.316 e. The molecule has 3 N–H and O–H groups in total. The summed E-state index contributed by atoms with van der Waals surface area (Å²) in [5, 5.41) is 2.57. The maximum absolute atomic E-state index is 10.9. The first kappa shape index (κ1) is 21.5. The number of carbonyl (C=O) groups excluding carboxylic acids is 1. The van der Waals surface area contributed by atoms with E-state index in [1.807, 2.05) is 6.92 Å². The lowest BCUT2D eigenvalue weighted by Crippen LogP contribution is -2.29. The SMILES string of the molecule is CCCC(CCOC(=N/C)/C(C)=C(\C)NC(N)=O)CC(C)CC. The summed E-state index contributed by atoms with van der Waals surface area (Å²) in [5.74, 6) is 2.02. The molecule has 0 rings (SSSR count). The molecule has 0 aromatic carbocycles. The van der Waals surface area contributed by atoms with Crippen molar-refractivity contribution in [3.05, 3.63) is 11.3 Å². The van der Waals surface area contributed by atoms with Crippen LogP contribution in [0.25, 0.3) is 0 Å². The molecule has 0 aromatic rings. The first-order chi connectivity index (χ1) is 10.8. The minimum atomic E-state index is -0.575. The molecule has 0 aliphatic rings. The molecule has 0 saturated carbocycles. The average molecular weight is 325 g/mol. The van der Waals surface area contributed by atoms with E-state index in [1.54, 1.807) is 14.0 Å². The van der Waals surface area contributed by atoms with Crippen LogP contribution >= 0.6 is 0 Å². The lowest BCUT2D eigenvalue weighted by atomic mass is 9.89. The fourth-order valence-electron chi connectivity index (χ4n) is 2.63. The van der Waals surface area contributed by atoms with Crippen molar-refractivity contribution in [3.8, 4) is 0 Å². The fraction of sp³-hybridized carbons (Fsp3) is 0.778. The number of allylic oxidation sites excluding steroid dienone is 1. The third-order valence-corrected chi connectivity index (χ3v) is 4.29. The van der Waals surface area contributed by atoms with E-state index in [0.29, 0.717) is 24.1 Å². The Bertz CT molecular complexity index is 416. The quantitative estimate of drug-likeness (QED) is 0.465. The number of urea groups is 1. The lowest BCUT2D eigenvalue weighted by molar-refractivity contribution is 0.240. The van der Waals surface area contributed by atoms with E-state index in [1.165, 1.54) is 25.7 Å². The van der Waals surface area contributed by atoms with Gasteiger partial charge in [0.2, 0.25) is 5.90 Å². The highest BCUT2D eigenvalue weighted by molar-refractivity contribution is 5.94. The number of nitrogens with two attached hydrogens (primary N) is 1. The van der Waals surface area contributed by atoms with E-state index >= 15 is 0 Å². The van der Waals surface area contributed by atoms with E-state index in [2.05, 4.69) is 31.1 Å². The number of amides is 2. The molecule has 2 unspecified atom stereocenters. The Hall–Kier alpha value is -1.52. The molecule has 0 spiro atoms. The number of nitrogens with zero attached hydrogens (tertiary/aromatic N) is 1. The Morgan fingerprint density at radius 1 is 1.26 bits per heavy atom. The Kier molecular flexibility index (Phi) is 11.2. The van der Waals surface area contributed by atoms with Crippen LogP contribution in [0.15, 0.2) is 16.3 Å². The van der Waals surface area contributed by atoms with Crippen LogP contribution in [0.2, 0.25) is 0 Å². The summed E-state index contributed by atoms with van der Waals surface area (Å²) >= 11 is 0. The summed E-state index contributed by atoms with van der Waals surface area (Å²) in [6, 6.07) is -0.575. The Balaban J connectivity index is 4.57. The third-order valence-electron chi connectivity index (χ3n) is 4.29. The molecule has 0 bridgehead atoms. The summed E-state index contributed by atoms with van der Waals surface area (Å²) < 4.78 is 5.85. The van der Waals surface area contributed by atoms with Crippen LogP contribution in [-0.2, 0) is 4.74 Å². The van der Waals surface area contributed by atoms with Gasteiger partial charge in [-0.1, -0.05) is 40.0 Å². The van der Waals surface area contributed by atoms with Crippen LogP contribution in [0.1, 0.15) is 66.7 Å². The van der Waals surface area contributed by atoms with Gasteiger partial charge in [0.25, 0.3) is 0 Å². The Morgan fingerprint density at radius 2 is 1.91 bits per heavy atom. The van der Waals surface area contributed by atoms with Gasteiger partial charge in [0, 0.05) is 18.3 Å². The van der Waals surface area contributed by atoms with Crippen molar-refractivity contribution in [2.45, 2.75) is 66.7 Å². The molecular formula is C18H35N3O2. The van der Waals surface area contributed by atoms with Crippen molar-refractivity contribution in [1.29, 1.82) is 0 Å². The second-order valence-corrected chi connectivity index (χ2v) is 6.31. The molecule has 0 aliphatic heterocycles. The molecule has 2 amide bonds. The van der Waals surface area contributed by atoms with Gasteiger partial charge in [-0.3, -0.25) is 4.99 Å². The standard InChI is InChI=1S/C18H35N3O2/c1-7-9-16(12-13(3)8-2)10-11-23-17(20-6)14(4)15(5)21-18(19)22/h13,16H,7-12H2,1-6H3,(H3,19,21,22)/b15-14+,20-17+. The zero-order valence-electron chi connectivity index (χ0n) is 15.7. The van der Waals surface area contributed by atoms with Gasteiger partial charge in [-0.15, -0.1) is 0 Å². The summed E-state index contributed by atoms with van der Waals surface area (Å²) in [7, 11) is 1.69. The van der Waals surface area contributed by atoms with E-state index in [9.17, 15) is 4.79 Å². The van der Waals surface area contributed by atoms with E-state index in [0.717, 1.165) is 17.9 Å². The molecule has 0 radical (unpaired) electrons. The molecule has 134 valence electrons. The fourth-order valence-corrected chi connectivity index (χ4v) is 2.63. The zero-order chi connectivity index (χ0) is 17.8. The van der Waals surface area contributed by atoms with Gasteiger partial charge in [-0.05, 0) is 38.5 Å². The molecule has 0 aliphatic carbocycles. The molecule has 23 heavy (non-hydrogen) atoms. The first-order valence-electron chi connectivity index (χ1n) is 8.69. The van der Waals surface area contributed by atoms with Crippen LogP contribution in [0.3, 0.4) is 0 Å². The number of carbonyl (C=O) groups is 1. The van der Waals surface area contributed by atoms with Crippen molar-refractivity contribution in [2.75, 3.05) is 13.7 Å². The number of rotatable bonds is 10. The largest absolute Gasteiger partial charge is 0.478 e. The van der Waals surface area contributed by atoms with Crippen LogP contribution in [0.4, 0.5) is 4.79 Å². The van der Waals surface area contributed by atoms with E-state index in [-0.39, 0.29) is 0 Å². The Labute approximate surface area is 141 Å². The lowest BCUT2D eigenvalue weighted by Gasteiger charge is -2.20. The monoisotopic (exact) mass is 325 g/mol. The molecule has 0 saturated heterocycles. The average Bonchev–Trinajstić information content (AvgIpc) is 2.50. The predicted octanol–water partition coefficient (Wildman–Crippen LogP) is 4.24. The van der Waals surface area contributed by atoms with Crippen LogP contribution in [0.5, 0.6) is 0 Å². The topological polar surface area (TPSA) is 76.7 Å². The number of ether oxygens (including phenoxy) is 1. The molecule has 0 aromatic heterocycles. The molecular weight excluding hydrogens is 290 g/mol. The number of hydrogen-bond acceptors (Lipinski definition) is 3. The first-order valence-corrected chi connectivity index (χ1v) is 8.69. The molecule has 0 heterocycles. The smallest absolute Gasteiger partial charge is 0.316 e. The summed E-state index contributed by atoms with van der Waals surface area (Å²) in [5.41, 5.74) is 6.62. The maximum atomic E-state index is 10.9. The third kappa shape index (κ3) is 9.26. The van der Waals surface area contributed by atoms with Gasteiger partial charge in [0.1, 0.15) is 0 Å². The van der Waals surface area contributed by atoms with Crippen LogP contribution in [0, 0.1) is 11.8 Å². The minimum absolute atomic E-state index is 0.565. The number of aliphatic imine (C=N–C) groups is 1. The second-order valence-electron chi connectivity index (χ2n) is 6.31. The van der Waals surface area contributed by atoms with Crippen molar-refractivity contribution in [3.63, 3.8) is 0 Å². The van der Waals surface area contributed by atoms with Crippen molar-refractivity contribution in [2.24, 2.45) is 22.6 Å². The van der Waals surface area contributed by atoms with Gasteiger partial charge in [-0.25, -0.2) is 4.79 Å². The van der Waals surface area contributed by atoms with Crippen LogP contribution in [-0.4, -0.2) is 25.6 Å². The predicted molar refractivity (Wildman–Crippen MR) is 97.5 cm³/mol. The van der Waals surface area contributed by atoms with Gasteiger partial charge in [-0.2, -0.15) is 0 Å². The summed E-state index contributed by atoms with van der Waals surface area (Å²) in [4.78, 5) is 15.1. The van der Waals surface area contributed by atoms with Crippen LogP contribution < -0.4 is 11.1 Å². The summed E-state index contributed by atoms with van der Waals surface area (Å²) in [6.07, 6.45) is 5.96. The molecule has 0 fully saturated rings. The van der Waals surface area contributed by atoms with E-state index < -0.39 is 6.03 Å². The second kappa shape index (κ2) is 12.0. The zero-order valence-corrected chi connectivity index (χ0v) is 15.7. The van der Waals surface area contributed by atoms with E-state index in [4.69, 9.17) is 10.5 Å². The van der Waals surface area contributed by atoms with Crippen molar-refractivity contribution >= 4 is 11.9 Å². The van der Waals surface area contributed by atoms with Gasteiger partial charge < -0.3 is 15.8 Å². The summed E-state index contributed by atoms with van der Waals surface area (Å²) in [6.45, 7) is 11.1. The van der Waals surface area contributed by atoms with Crippen molar-refractivity contribution in [1.82, 2.24) is 5.32 Å². The number of primary amides is 1. The Morgan fingerprint density at radius 3 is 2.39 bits per heavy atom. The highest BCUT2D eigenvalue weighted by Gasteiger charge is 2.13. The number of nitrogens with one attached hydrogen (secondary N) is 1. The highest BCUT2D eigenvalue weighted by atomic mass is 16.5. The van der Waals surface area contributed by atoms with Gasteiger partial charge in [0.15, 0.2) is 0 Å². The molecule has 5 heteroatoms. The highest BCUT2D eigenvalue weighted by Crippen LogP contribution is 2.23. The normalized spacial score (nSPS) is 15.7. The van der Waals surface area contributed by atoms with Gasteiger partial charge >= 0.3 is 6.03 Å². The number of hydrogen-bond donors (Lipinski definition) is 2. The van der Waals surface area contributed by atoms with Gasteiger partial charge in [0.05, 0.1) is 6.61 Å².